The molecular formula is C15H16N2O2S. The number of benzene rings is 1. The first kappa shape index (κ1) is 14.6. The van der Waals surface area contributed by atoms with Crippen molar-refractivity contribution in [3.05, 3.63) is 47.7 Å². The van der Waals surface area contributed by atoms with Crippen molar-refractivity contribution in [1.82, 2.24) is 4.98 Å². The van der Waals surface area contributed by atoms with Gasteiger partial charge in [0.05, 0.1) is 6.61 Å². The maximum Gasteiger partial charge on any atom is 0.221 e. The van der Waals surface area contributed by atoms with E-state index in [9.17, 15) is 4.79 Å². The number of aryl methyl sites for hydroxylation is 1. The topological polar surface area (TPSA) is 62.2 Å². The Hall–Kier alpha value is -1.85. The summed E-state index contributed by atoms with van der Waals surface area (Å²) in [6, 6.07) is 9.54. The molecule has 5 heteroatoms. The first-order valence-corrected chi connectivity index (χ1v) is 7.02. The van der Waals surface area contributed by atoms with E-state index in [4.69, 9.17) is 5.11 Å². The average molecular weight is 288 g/mol. The lowest BCUT2D eigenvalue weighted by Gasteiger charge is -2.07. The fourth-order valence-corrected chi connectivity index (χ4v) is 2.56. The number of hydrogen-bond donors (Lipinski definition) is 2. The van der Waals surface area contributed by atoms with Crippen LogP contribution in [-0.2, 0) is 11.4 Å². The number of rotatable bonds is 4. The molecule has 0 spiro atoms. The fourth-order valence-electron chi connectivity index (χ4n) is 1.73. The maximum absolute atomic E-state index is 10.9. The SMILES string of the molecule is CC(=O)Nc1ccc(Sc2ncc(CO)cc2C)cc1. The molecule has 1 amide bonds. The van der Waals surface area contributed by atoms with Gasteiger partial charge in [0.2, 0.25) is 5.91 Å². The fraction of sp³-hybridized carbons (Fsp3) is 0.200. The van der Waals surface area contributed by atoms with Crippen molar-refractivity contribution in [3.8, 4) is 0 Å². The Kier molecular flexibility index (Phi) is 4.76. The Bertz CT molecular complexity index is 612. The largest absolute Gasteiger partial charge is 0.392 e. The predicted molar refractivity (Wildman–Crippen MR) is 79.8 cm³/mol. The average Bonchev–Trinajstić information content (AvgIpc) is 2.42. The summed E-state index contributed by atoms with van der Waals surface area (Å²) >= 11 is 1.56. The Labute approximate surface area is 122 Å². The number of aromatic nitrogens is 1. The van der Waals surface area contributed by atoms with Crippen LogP contribution in [0, 0.1) is 6.92 Å². The molecule has 0 unspecified atom stereocenters. The van der Waals surface area contributed by atoms with Crippen LogP contribution in [0.25, 0.3) is 0 Å². The van der Waals surface area contributed by atoms with E-state index in [0.717, 1.165) is 26.7 Å². The Balaban J connectivity index is 2.12. The molecule has 0 radical (unpaired) electrons. The zero-order valence-corrected chi connectivity index (χ0v) is 12.2. The molecule has 0 aliphatic carbocycles. The van der Waals surface area contributed by atoms with Gasteiger partial charge in [-0.25, -0.2) is 4.98 Å². The number of anilines is 1. The Morgan fingerprint density at radius 2 is 2.05 bits per heavy atom. The van der Waals surface area contributed by atoms with E-state index in [1.165, 1.54) is 6.92 Å². The molecule has 0 aliphatic rings. The zero-order chi connectivity index (χ0) is 14.5. The van der Waals surface area contributed by atoms with E-state index in [2.05, 4.69) is 10.3 Å². The molecule has 0 fully saturated rings. The molecule has 0 atom stereocenters. The number of nitrogens with one attached hydrogen (secondary N) is 1. The second-order valence-electron chi connectivity index (χ2n) is 4.43. The van der Waals surface area contributed by atoms with Crippen LogP contribution in [0.5, 0.6) is 0 Å². The first-order chi connectivity index (χ1) is 9.58. The minimum Gasteiger partial charge on any atom is -0.392 e. The number of hydrogen-bond acceptors (Lipinski definition) is 4. The molecule has 20 heavy (non-hydrogen) atoms. The van der Waals surface area contributed by atoms with Crippen LogP contribution in [0.1, 0.15) is 18.1 Å². The Morgan fingerprint density at radius 1 is 1.35 bits per heavy atom. The zero-order valence-electron chi connectivity index (χ0n) is 11.4. The summed E-state index contributed by atoms with van der Waals surface area (Å²) in [4.78, 5) is 16.3. The van der Waals surface area contributed by atoms with Gasteiger partial charge in [-0.1, -0.05) is 11.8 Å². The van der Waals surface area contributed by atoms with E-state index < -0.39 is 0 Å². The molecule has 1 aromatic heterocycles. The summed E-state index contributed by atoms with van der Waals surface area (Å²) < 4.78 is 0. The minimum atomic E-state index is -0.0810. The van der Waals surface area contributed by atoms with Gasteiger partial charge in [-0.3, -0.25) is 4.79 Å². The van der Waals surface area contributed by atoms with Crippen molar-refractivity contribution in [2.45, 2.75) is 30.4 Å². The summed E-state index contributed by atoms with van der Waals surface area (Å²) in [5.41, 5.74) is 2.63. The van der Waals surface area contributed by atoms with Gasteiger partial charge in [-0.05, 0) is 48.4 Å². The molecule has 1 heterocycles. The number of pyridine rings is 1. The second kappa shape index (κ2) is 6.54. The number of carbonyl (C=O) groups excluding carboxylic acids is 1. The molecule has 2 aromatic rings. The van der Waals surface area contributed by atoms with Crippen molar-refractivity contribution < 1.29 is 9.90 Å². The summed E-state index contributed by atoms with van der Waals surface area (Å²) in [6.07, 6.45) is 1.68. The lowest BCUT2D eigenvalue weighted by molar-refractivity contribution is -0.114. The molecule has 1 aromatic carbocycles. The van der Waals surface area contributed by atoms with Crippen LogP contribution in [0.4, 0.5) is 5.69 Å². The van der Waals surface area contributed by atoms with Crippen molar-refractivity contribution in [2.24, 2.45) is 0 Å². The van der Waals surface area contributed by atoms with E-state index in [1.807, 2.05) is 37.3 Å². The summed E-state index contributed by atoms with van der Waals surface area (Å²) in [5.74, 6) is -0.0810. The third-order valence-electron chi connectivity index (χ3n) is 2.66. The molecule has 2 N–H and O–H groups in total. The van der Waals surface area contributed by atoms with Crippen molar-refractivity contribution in [2.75, 3.05) is 5.32 Å². The van der Waals surface area contributed by atoms with Gasteiger partial charge in [0.15, 0.2) is 0 Å². The molecule has 2 rings (SSSR count). The lowest BCUT2D eigenvalue weighted by Crippen LogP contribution is -2.05. The molecule has 0 bridgehead atoms. The van der Waals surface area contributed by atoms with Crippen molar-refractivity contribution in [3.63, 3.8) is 0 Å². The molecule has 4 nitrogen and oxygen atoms in total. The van der Waals surface area contributed by atoms with Crippen LogP contribution in [0.3, 0.4) is 0 Å². The third-order valence-corrected chi connectivity index (χ3v) is 3.79. The highest BCUT2D eigenvalue weighted by Gasteiger charge is 2.04. The smallest absolute Gasteiger partial charge is 0.221 e. The molecule has 104 valence electrons. The number of amides is 1. The number of aliphatic hydroxyl groups excluding tert-OH is 1. The van der Waals surface area contributed by atoms with E-state index in [0.29, 0.717) is 0 Å². The monoisotopic (exact) mass is 288 g/mol. The standard InChI is InChI=1S/C15H16N2O2S/c1-10-7-12(9-18)8-16-15(10)20-14-5-3-13(4-6-14)17-11(2)19/h3-8,18H,9H2,1-2H3,(H,17,19). The highest BCUT2D eigenvalue weighted by molar-refractivity contribution is 7.99. The van der Waals surface area contributed by atoms with Gasteiger partial charge >= 0.3 is 0 Å². The third kappa shape index (κ3) is 3.82. The van der Waals surface area contributed by atoms with Crippen LogP contribution >= 0.6 is 11.8 Å². The van der Waals surface area contributed by atoms with Crippen LogP contribution in [0.2, 0.25) is 0 Å². The second-order valence-corrected chi connectivity index (χ2v) is 5.49. The van der Waals surface area contributed by atoms with Crippen LogP contribution in [0.15, 0.2) is 46.5 Å². The van der Waals surface area contributed by atoms with Crippen LogP contribution in [-0.4, -0.2) is 16.0 Å². The van der Waals surface area contributed by atoms with E-state index in [1.54, 1.807) is 18.0 Å². The molecule has 0 aliphatic heterocycles. The number of nitrogens with zero attached hydrogens (tertiary/aromatic N) is 1. The summed E-state index contributed by atoms with van der Waals surface area (Å²) in [5, 5.41) is 12.7. The molecule has 0 saturated carbocycles. The minimum absolute atomic E-state index is 0.00417. The molecule has 0 saturated heterocycles. The number of carbonyl (C=O) groups is 1. The van der Waals surface area contributed by atoms with Crippen molar-refractivity contribution >= 4 is 23.4 Å². The van der Waals surface area contributed by atoms with Gasteiger partial charge in [-0.15, -0.1) is 0 Å². The van der Waals surface area contributed by atoms with Gasteiger partial charge < -0.3 is 10.4 Å². The predicted octanol–water partition coefficient (Wildman–Crippen LogP) is 2.99. The van der Waals surface area contributed by atoms with Crippen LogP contribution < -0.4 is 5.32 Å². The highest BCUT2D eigenvalue weighted by atomic mass is 32.2. The Morgan fingerprint density at radius 3 is 2.60 bits per heavy atom. The van der Waals surface area contributed by atoms with Crippen molar-refractivity contribution in [1.29, 1.82) is 0 Å². The summed E-state index contributed by atoms with van der Waals surface area (Å²) in [6.45, 7) is 3.46. The molecular weight excluding hydrogens is 272 g/mol. The normalized spacial score (nSPS) is 10.3. The maximum atomic E-state index is 10.9. The highest BCUT2D eigenvalue weighted by Crippen LogP contribution is 2.29. The summed E-state index contributed by atoms with van der Waals surface area (Å²) in [7, 11) is 0. The van der Waals surface area contributed by atoms with E-state index in [-0.39, 0.29) is 12.5 Å². The van der Waals surface area contributed by atoms with E-state index >= 15 is 0 Å². The van der Waals surface area contributed by atoms with Gasteiger partial charge in [0, 0.05) is 23.7 Å². The first-order valence-electron chi connectivity index (χ1n) is 6.20. The lowest BCUT2D eigenvalue weighted by atomic mass is 10.2. The van der Waals surface area contributed by atoms with Gasteiger partial charge in [0.1, 0.15) is 5.03 Å². The number of aliphatic hydroxyl groups is 1. The quantitative estimate of drug-likeness (QED) is 0.908. The van der Waals surface area contributed by atoms with Gasteiger partial charge in [-0.2, -0.15) is 0 Å². The van der Waals surface area contributed by atoms with Gasteiger partial charge in [0.25, 0.3) is 0 Å².